The van der Waals surface area contributed by atoms with E-state index in [0.29, 0.717) is 12.5 Å². The number of hydrogen-bond donors (Lipinski definition) is 1. The third kappa shape index (κ3) is 3.26. The van der Waals surface area contributed by atoms with Gasteiger partial charge in [-0.15, -0.1) is 0 Å². The van der Waals surface area contributed by atoms with Gasteiger partial charge in [0.1, 0.15) is 5.75 Å². The molecule has 0 aliphatic carbocycles. The first-order chi connectivity index (χ1) is 10.2. The SMILES string of the molecule is CN(Cc1ccccc1)CC1COc2ccccc2C1N. The molecule has 2 aromatic rings. The first kappa shape index (κ1) is 14.1. The van der Waals surface area contributed by atoms with E-state index in [-0.39, 0.29) is 6.04 Å². The molecule has 2 atom stereocenters. The number of hydrogen-bond acceptors (Lipinski definition) is 3. The summed E-state index contributed by atoms with van der Waals surface area (Å²) in [5.41, 5.74) is 8.88. The smallest absolute Gasteiger partial charge is 0.124 e. The van der Waals surface area contributed by atoms with Crippen molar-refractivity contribution in [1.29, 1.82) is 0 Å². The molecule has 3 nitrogen and oxygen atoms in total. The van der Waals surface area contributed by atoms with Crippen LogP contribution in [0.5, 0.6) is 5.75 Å². The molecule has 0 saturated heterocycles. The lowest BCUT2D eigenvalue weighted by Crippen LogP contribution is -2.38. The summed E-state index contributed by atoms with van der Waals surface area (Å²) >= 11 is 0. The largest absolute Gasteiger partial charge is 0.493 e. The number of rotatable bonds is 4. The van der Waals surface area contributed by atoms with E-state index >= 15 is 0 Å². The number of nitrogens with zero attached hydrogens (tertiary/aromatic N) is 1. The third-order valence-electron chi connectivity index (χ3n) is 4.08. The predicted molar refractivity (Wildman–Crippen MR) is 85.1 cm³/mol. The van der Waals surface area contributed by atoms with Crippen LogP contribution < -0.4 is 10.5 Å². The second-order valence-corrected chi connectivity index (χ2v) is 5.82. The van der Waals surface area contributed by atoms with Crippen molar-refractivity contribution in [2.45, 2.75) is 12.6 Å². The highest BCUT2D eigenvalue weighted by Gasteiger charge is 2.28. The quantitative estimate of drug-likeness (QED) is 0.937. The standard InChI is InChI=1S/C18H22N2O/c1-20(11-14-7-3-2-4-8-14)12-15-13-21-17-10-6-5-9-16(17)18(15)19/h2-10,15,18H,11-13,19H2,1H3. The number of benzene rings is 2. The van der Waals surface area contributed by atoms with Crippen LogP contribution in [0.25, 0.3) is 0 Å². The Morgan fingerprint density at radius 3 is 2.62 bits per heavy atom. The van der Waals surface area contributed by atoms with E-state index in [1.165, 1.54) is 5.56 Å². The van der Waals surface area contributed by atoms with Gasteiger partial charge in [0, 0.05) is 30.6 Å². The lowest BCUT2D eigenvalue weighted by Gasteiger charge is -2.33. The molecule has 3 heteroatoms. The molecule has 0 radical (unpaired) electrons. The van der Waals surface area contributed by atoms with E-state index in [4.69, 9.17) is 10.5 Å². The Balaban J connectivity index is 1.63. The maximum Gasteiger partial charge on any atom is 0.124 e. The average molecular weight is 282 g/mol. The molecular formula is C18H22N2O. The van der Waals surface area contributed by atoms with Gasteiger partial charge in [-0.3, -0.25) is 0 Å². The molecule has 0 saturated carbocycles. The topological polar surface area (TPSA) is 38.5 Å². The second-order valence-electron chi connectivity index (χ2n) is 5.82. The van der Waals surface area contributed by atoms with Crippen LogP contribution in [0.3, 0.4) is 0 Å². The van der Waals surface area contributed by atoms with Crippen molar-refractivity contribution in [3.8, 4) is 5.75 Å². The molecule has 0 bridgehead atoms. The summed E-state index contributed by atoms with van der Waals surface area (Å²) in [4.78, 5) is 2.32. The van der Waals surface area contributed by atoms with Gasteiger partial charge >= 0.3 is 0 Å². The average Bonchev–Trinajstić information content (AvgIpc) is 2.51. The maximum absolute atomic E-state index is 6.43. The summed E-state index contributed by atoms with van der Waals surface area (Å²) in [6.07, 6.45) is 0. The van der Waals surface area contributed by atoms with Gasteiger partial charge < -0.3 is 15.4 Å². The molecule has 0 aromatic heterocycles. The van der Waals surface area contributed by atoms with Gasteiger partial charge in [-0.1, -0.05) is 48.5 Å². The van der Waals surface area contributed by atoms with Crippen molar-refractivity contribution in [1.82, 2.24) is 4.90 Å². The minimum atomic E-state index is 0.0492. The predicted octanol–water partition coefficient (Wildman–Crippen LogP) is 2.83. The van der Waals surface area contributed by atoms with Gasteiger partial charge in [0.05, 0.1) is 6.61 Å². The highest BCUT2D eigenvalue weighted by molar-refractivity contribution is 5.37. The summed E-state index contributed by atoms with van der Waals surface area (Å²) in [5, 5.41) is 0. The van der Waals surface area contributed by atoms with Gasteiger partial charge in [-0.2, -0.15) is 0 Å². The maximum atomic E-state index is 6.43. The molecular weight excluding hydrogens is 260 g/mol. The molecule has 110 valence electrons. The molecule has 1 aliphatic heterocycles. The van der Waals surface area contributed by atoms with Crippen LogP contribution in [-0.4, -0.2) is 25.1 Å². The van der Waals surface area contributed by atoms with Crippen molar-refractivity contribution >= 4 is 0 Å². The molecule has 1 aliphatic rings. The molecule has 0 spiro atoms. The minimum absolute atomic E-state index is 0.0492. The van der Waals surface area contributed by atoms with E-state index in [1.54, 1.807) is 0 Å². The zero-order valence-electron chi connectivity index (χ0n) is 12.4. The third-order valence-corrected chi connectivity index (χ3v) is 4.08. The molecule has 21 heavy (non-hydrogen) atoms. The van der Waals surface area contributed by atoms with Crippen molar-refractivity contribution in [3.05, 3.63) is 65.7 Å². The fourth-order valence-corrected chi connectivity index (χ4v) is 2.97. The van der Waals surface area contributed by atoms with Crippen molar-refractivity contribution in [2.75, 3.05) is 20.2 Å². The fraction of sp³-hybridized carbons (Fsp3) is 0.333. The van der Waals surface area contributed by atoms with Gasteiger partial charge in [-0.25, -0.2) is 0 Å². The number of ether oxygens (including phenoxy) is 1. The molecule has 2 unspecified atom stereocenters. The van der Waals surface area contributed by atoms with Crippen molar-refractivity contribution < 1.29 is 4.74 Å². The van der Waals surface area contributed by atoms with Gasteiger partial charge in [0.25, 0.3) is 0 Å². The highest BCUT2D eigenvalue weighted by atomic mass is 16.5. The first-order valence-electron chi connectivity index (χ1n) is 7.44. The first-order valence-corrected chi connectivity index (χ1v) is 7.44. The van der Waals surface area contributed by atoms with Crippen LogP contribution in [0, 0.1) is 5.92 Å². The lowest BCUT2D eigenvalue weighted by molar-refractivity contribution is 0.149. The van der Waals surface area contributed by atoms with Crippen LogP contribution in [0.15, 0.2) is 54.6 Å². The summed E-state index contributed by atoms with van der Waals surface area (Å²) in [7, 11) is 2.14. The monoisotopic (exact) mass is 282 g/mol. The highest BCUT2D eigenvalue weighted by Crippen LogP contribution is 2.33. The summed E-state index contributed by atoms with van der Waals surface area (Å²) in [6, 6.07) is 18.7. The zero-order chi connectivity index (χ0) is 14.7. The van der Waals surface area contributed by atoms with E-state index < -0.39 is 0 Å². The molecule has 2 N–H and O–H groups in total. The van der Waals surface area contributed by atoms with Gasteiger partial charge in [0.15, 0.2) is 0 Å². The molecule has 0 amide bonds. The molecule has 3 rings (SSSR count). The molecule has 0 fully saturated rings. The second kappa shape index (κ2) is 6.29. The van der Waals surface area contributed by atoms with E-state index in [9.17, 15) is 0 Å². The molecule has 2 aromatic carbocycles. The Morgan fingerprint density at radius 2 is 1.81 bits per heavy atom. The van der Waals surface area contributed by atoms with Crippen LogP contribution in [-0.2, 0) is 6.54 Å². The van der Waals surface area contributed by atoms with Crippen LogP contribution in [0.1, 0.15) is 17.2 Å². The molecule has 1 heterocycles. The normalized spacial score (nSPS) is 20.9. The Bertz CT molecular complexity index is 585. The Morgan fingerprint density at radius 1 is 1.10 bits per heavy atom. The minimum Gasteiger partial charge on any atom is -0.493 e. The number of para-hydroxylation sites is 1. The van der Waals surface area contributed by atoms with E-state index in [1.807, 2.05) is 24.3 Å². The van der Waals surface area contributed by atoms with Gasteiger partial charge in [-0.05, 0) is 18.7 Å². The van der Waals surface area contributed by atoms with Crippen molar-refractivity contribution in [3.63, 3.8) is 0 Å². The number of fused-ring (bicyclic) bond motifs is 1. The summed E-state index contributed by atoms with van der Waals surface area (Å²) < 4.78 is 5.85. The Labute approximate surface area is 126 Å². The van der Waals surface area contributed by atoms with Crippen LogP contribution >= 0.6 is 0 Å². The summed E-state index contributed by atoms with van der Waals surface area (Å²) in [5.74, 6) is 1.26. The van der Waals surface area contributed by atoms with Crippen molar-refractivity contribution in [2.24, 2.45) is 11.7 Å². The fourth-order valence-electron chi connectivity index (χ4n) is 2.97. The number of nitrogens with two attached hydrogens (primary N) is 1. The summed E-state index contributed by atoms with van der Waals surface area (Å²) in [6.45, 7) is 2.56. The zero-order valence-corrected chi connectivity index (χ0v) is 12.4. The Kier molecular flexibility index (Phi) is 4.23. The van der Waals surface area contributed by atoms with E-state index in [2.05, 4.69) is 42.3 Å². The van der Waals surface area contributed by atoms with Gasteiger partial charge in [0.2, 0.25) is 0 Å². The van der Waals surface area contributed by atoms with Crippen LogP contribution in [0.2, 0.25) is 0 Å². The van der Waals surface area contributed by atoms with E-state index in [0.717, 1.165) is 24.4 Å². The lowest BCUT2D eigenvalue weighted by atomic mass is 9.91. The van der Waals surface area contributed by atoms with Crippen LogP contribution in [0.4, 0.5) is 0 Å². The Hall–Kier alpha value is -1.84.